The number of para-hydroxylation sites is 2. The summed E-state index contributed by atoms with van der Waals surface area (Å²) in [7, 11) is -2.87. The van der Waals surface area contributed by atoms with E-state index >= 15 is 4.39 Å². The van der Waals surface area contributed by atoms with Gasteiger partial charge in [0.25, 0.3) is 10.0 Å². The lowest BCUT2D eigenvalue weighted by Gasteiger charge is -2.34. The van der Waals surface area contributed by atoms with Crippen molar-refractivity contribution in [3.63, 3.8) is 0 Å². The molecule has 1 saturated carbocycles. The second-order valence-corrected chi connectivity index (χ2v) is 13.2. The highest BCUT2D eigenvalue weighted by atomic mass is 32.2. The fourth-order valence-corrected chi connectivity index (χ4v) is 7.25. The van der Waals surface area contributed by atoms with Crippen LogP contribution in [0.3, 0.4) is 0 Å². The summed E-state index contributed by atoms with van der Waals surface area (Å²) in [5.74, 6) is -1.32. The number of carbonyl (C=O) groups is 2. The van der Waals surface area contributed by atoms with Gasteiger partial charge in [-0.15, -0.1) is 0 Å². The first-order valence-electron chi connectivity index (χ1n) is 15.4. The van der Waals surface area contributed by atoms with Crippen molar-refractivity contribution in [1.82, 2.24) is 10.2 Å². The number of carbonyl (C=O) groups excluding carboxylic acids is 2. The summed E-state index contributed by atoms with van der Waals surface area (Å²) in [5.41, 5.74) is 1.17. The van der Waals surface area contributed by atoms with E-state index in [2.05, 4.69) is 5.32 Å². The lowest BCUT2D eigenvalue weighted by molar-refractivity contribution is -0.140. The standard InChI is InChI=1S/C36H38FN3O5S/c1-45-34-23-13-12-22-32(34)40(46(43,44)30-19-6-3-7-20-30)26-35(41)39(25-28-16-8-11-21-31(28)37)33(24-27-14-4-2-5-15-27)36(42)38-29-17-9-10-18-29/h2-8,11-16,19-23,29,33H,9-10,17-18,24-26H2,1H3,(H,38,42)/t33-/m1/s1. The highest BCUT2D eigenvalue weighted by molar-refractivity contribution is 7.92. The van der Waals surface area contributed by atoms with Crippen LogP contribution in [0.5, 0.6) is 5.75 Å². The van der Waals surface area contributed by atoms with Crippen LogP contribution in [-0.2, 0) is 32.6 Å². The molecule has 1 aliphatic rings. The number of ether oxygens (including phenoxy) is 1. The Hall–Kier alpha value is -4.70. The monoisotopic (exact) mass is 643 g/mol. The van der Waals surface area contributed by atoms with Gasteiger partial charge in [-0.05, 0) is 48.7 Å². The number of halogens is 1. The van der Waals surface area contributed by atoms with Gasteiger partial charge in [0.05, 0.1) is 17.7 Å². The zero-order valence-corrected chi connectivity index (χ0v) is 26.5. The molecule has 0 unspecified atom stereocenters. The Labute approximate surface area is 269 Å². The summed E-state index contributed by atoms with van der Waals surface area (Å²) in [6.45, 7) is -0.902. The van der Waals surface area contributed by atoms with Crippen molar-refractivity contribution in [2.24, 2.45) is 0 Å². The maximum absolute atomic E-state index is 15.1. The number of amides is 2. The quantitative estimate of drug-likeness (QED) is 0.201. The SMILES string of the molecule is COc1ccccc1N(CC(=O)N(Cc1ccccc1F)[C@H](Cc1ccccc1)C(=O)NC1CCCC1)S(=O)(=O)c1ccccc1. The molecule has 0 aromatic heterocycles. The van der Waals surface area contributed by atoms with E-state index in [1.165, 1.54) is 30.2 Å². The minimum absolute atomic E-state index is 0.0193. The predicted octanol–water partition coefficient (Wildman–Crippen LogP) is 5.73. The largest absolute Gasteiger partial charge is 0.495 e. The molecule has 1 aliphatic carbocycles. The van der Waals surface area contributed by atoms with Crippen molar-refractivity contribution < 1.29 is 27.1 Å². The van der Waals surface area contributed by atoms with E-state index in [0.717, 1.165) is 35.6 Å². The van der Waals surface area contributed by atoms with Gasteiger partial charge in [-0.1, -0.05) is 91.7 Å². The fourth-order valence-electron chi connectivity index (χ4n) is 5.80. The van der Waals surface area contributed by atoms with Crippen LogP contribution >= 0.6 is 0 Å². The van der Waals surface area contributed by atoms with Crippen LogP contribution in [0.2, 0.25) is 0 Å². The minimum atomic E-state index is -4.29. The van der Waals surface area contributed by atoms with Gasteiger partial charge in [0, 0.05) is 24.6 Å². The van der Waals surface area contributed by atoms with E-state index in [1.54, 1.807) is 60.7 Å². The number of nitrogens with zero attached hydrogens (tertiary/aromatic N) is 2. The zero-order valence-electron chi connectivity index (χ0n) is 25.7. The molecule has 1 fully saturated rings. The summed E-state index contributed by atoms with van der Waals surface area (Å²) >= 11 is 0. The molecule has 240 valence electrons. The van der Waals surface area contributed by atoms with Gasteiger partial charge in [-0.25, -0.2) is 12.8 Å². The highest BCUT2D eigenvalue weighted by Gasteiger charge is 2.36. The molecule has 0 saturated heterocycles. The molecule has 10 heteroatoms. The second kappa shape index (κ2) is 15.1. The van der Waals surface area contributed by atoms with Gasteiger partial charge in [-0.2, -0.15) is 0 Å². The number of nitrogens with one attached hydrogen (secondary N) is 1. The van der Waals surface area contributed by atoms with Crippen LogP contribution in [0.4, 0.5) is 10.1 Å². The zero-order chi connectivity index (χ0) is 32.5. The van der Waals surface area contributed by atoms with Crippen LogP contribution in [0.15, 0.2) is 114 Å². The Balaban J connectivity index is 1.59. The normalized spacial score (nSPS) is 14.0. The summed E-state index contributed by atoms with van der Waals surface area (Å²) in [5, 5.41) is 3.12. The van der Waals surface area contributed by atoms with Crippen molar-refractivity contribution in [2.75, 3.05) is 18.0 Å². The molecule has 0 heterocycles. The molecule has 1 atom stereocenters. The van der Waals surface area contributed by atoms with Crippen LogP contribution in [0.25, 0.3) is 0 Å². The molecule has 46 heavy (non-hydrogen) atoms. The number of benzene rings is 4. The first kappa shape index (κ1) is 32.7. The van der Waals surface area contributed by atoms with Gasteiger partial charge in [0.1, 0.15) is 24.2 Å². The van der Waals surface area contributed by atoms with Crippen LogP contribution in [-0.4, -0.2) is 50.9 Å². The third-order valence-electron chi connectivity index (χ3n) is 8.24. The third-order valence-corrected chi connectivity index (χ3v) is 10.0. The molecule has 1 N–H and O–H groups in total. The molecule has 5 rings (SSSR count). The van der Waals surface area contributed by atoms with Crippen molar-refractivity contribution in [1.29, 1.82) is 0 Å². The van der Waals surface area contributed by atoms with Crippen molar-refractivity contribution >= 4 is 27.5 Å². The van der Waals surface area contributed by atoms with E-state index in [-0.39, 0.29) is 46.8 Å². The van der Waals surface area contributed by atoms with E-state index in [9.17, 15) is 18.0 Å². The Morgan fingerprint density at radius 1 is 0.870 bits per heavy atom. The Morgan fingerprint density at radius 2 is 1.48 bits per heavy atom. The Kier molecular flexibility index (Phi) is 10.7. The number of hydrogen-bond acceptors (Lipinski definition) is 5. The van der Waals surface area contributed by atoms with Crippen LogP contribution in [0, 0.1) is 5.82 Å². The fraction of sp³-hybridized carbons (Fsp3) is 0.278. The molecule has 2 amide bonds. The number of rotatable bonds is 13. The maximum atomic E-state index is 15.1. The summed E-state index contributed by atoms with van der Waals surface area (Å²) in [4.78, 5) is 29.9. The van der Waals surface area contributed by atoms with E-state index in [0.29, 0.717) is 0 Å². The topological polar surface area (TPSA) is 96.0 Å². The summed E-state index contributed by atoms with van der Waals surface area (Å²) in [6.07, 6.45) is 3.82. The van der Waals surface area contributed by atoms with E-state index in [1.807, 2.05) is 30.3 Å². The first-order chi connectivity index (χ1) is 22.3. The van der Waals surface area contributed by atoms with Crippen LogP contribution < -0.4 is 14.4 Å². The van der Waals surface area contributed by atoms with Gasteiger partial charge in [0.2, 0.25) is 11.8 Å². The summed E-state index contributed by atoms with van der Waals surface area (Å²) < 4.78 is 49.9. The minimum Gasteiger partial charge on any atom is -0.495 e. The van der Waals surface area contributed by atoms with E-state index in [4.69, 9.17) is 4.74 Å². The predicted molar refractivity (Wildman–Crippen MR) is 175 cm³/mol. The third kappa shape index (κ3) is 7.74. The lowest BCUT2D eigenvalue weighted by atomic mass is 10.0. The van der Waals surface area contributed by atoms with Gasteiger partial charge < -0.3 is 15.0 Å². The smallest absolute Gasteiger partial charge is 0.264 e. The highest BCUT2D eigenvalue weighted by Crippen LogP contribution is 2.33. The summed E-state index contributed by atoms with van der Waals surface area (Å²) in [6, 6.07) is 28.6. The van der Waals surface area contributed by atoms with Gasteiger partial charge in [-0.3, -0.25) is 13.9 Å². The molecule has 0 aliphatic heterocycles. The number of hydrogen-bond donors (Lipinski definition) is 1. The van der Waals surface area contributed by atoms with Crippen molar-refractivity contribution in [3.8, 4) is 5.75 Å². The average molecular weight is 644 g/mol. The van der Waals surface area contributed by atoms with E-state index < -0.39 is 34.3 Å². The van der Waals surface area contributed by atoms with Crippen molar-refractivity contribution in [2.45, 2.75) is 55.6 Å². The Morgan fingerprint density at radius 3 is 2.15 bits per heavy atom. The molecular weight excluding hydrogens is 605 g/mol. The molecule has 0 spiro atoms. The molecule has 4 aromatic carbocycles. The maximum Gasteiger partial charge on any atom is 0.264 e. The second-order valence-electron chi connectivity index (χ2n) is 11.3. The van der Waals surface area contributed by atoms with Crippen LogP contribution in [0.1, 0.15) is 36.8 Å². The molecular formula is C36H38FN3O5S. The lowest BCUT2D eigenvalue weighted by Crippen LogP contribution is -2.54. The van der Waals surface area contributed by atoms with Crippen molar-refractivity contribution in [3.05, 3.63) is 126 Å². The average Bonchev–Trinajstić information content (AvgIpc) is 3.59. The number of methoxy groups -OCH3 is 1. The molecule has 0 radical (unpaired) electrons. The molecule has 8 nitrogen and oxygen atoms in total. The number of sulfonamides is 1. The van der Waals surface area contributed by atoms with Gasteiger partial charge >= 0.3 is 0 Å². The first-order valence-corrected chi connectivity index (χ1v) is 16.8. The van der Waals surface area contributed by atoms with Gasteiger partial charge in [0.15, 0.2) is 0 Å². The molecule has 4 aromatic rings. The molecule has 0 bridgehead atoms. The number of anilines is 1. The Bertz CT molecular complexity index is 1730.